The lowest BCUT2D eigenvalue weighted by molar-refractivity contribution is -0.138. The van der Waals surface area contributed by atoms with E-state index >= 15 is 0 Å². The van der Waals surface area contributed by atoms with Gasteiger partial charge in [0.2, 0.25) is 5.91 Å². The molecular weight excluding hydrogens is 238 g/mol. The maximum absolute atomic E-state index is 11.6. The minimum atomic E-state index is -0.730. The normalized spacial score (nSPS) is 18.5. The van der Waals surface area contributed by atoms with E-state index in [0.717, 1.165) is 25.0 Å². The van der Waals surface area contributed by atoms with Crippen LogP contribution in [0.4, 0.5) is 0 Å². The number of nitrogens with one attached hydrogen (secondary N) is 1. The van der Waals surface area contributed by atoms with Crippen LogP contribution >= 0.6 is 11.8 Å². The molecule has 5 heteroatoms. The maximum Gasteiger partial charge on any atom is 0.303 e. The van der Waals surface area contributed by atoms with Crippen molar-refractivity contribution >= 4 is 23.6 Å². The number of carboxylic acid groups (broad SMARTS) is 1. The molecule has 4 nitrogen and oxygen atoms in total. The second kappa shape index (κ2) is 6.28. The molecule has 1 saturated carbocycles. The largest absolute Gasteiger partial charge is 0.481 e. The Morgan fingerprint density at radius 1 is 1.47 bits per heavy atom. The summed E-state index contributed by atoms with van der Waals surface area (Å²) >= 11 is 1.57. The smallest absolute Gasteiger partial charge is 0.303 e. The topological polar surface area (TPSA) is 66.4 Å². The first-order valence-corrected chi connectivity index (χ1v) is 7.15. The summed E-state index contributed by atoms with van der Waals surface area (Å²) in [6.45, 7) is 4.61. The highest BCUT2D eigenvalue weighted by atomic mass is 32.2. The van der Waals surface area contributed by atoms with Gasteiger partial charge in [0.05, 0.1) is 11.7 Å². The Morgan fingerprint density at radius 3 is 2.59 bits per heavy atom. The third-order valence-electron chi connectivity index (χ3n) is 3.04. The van der Waals surface area contributed by atoms with E-state index in [9.17, 15) is 9.59 Å². The van der Waals surface area contributed by atoms with Crippen LogP contribution in [-0.2, 0) is 9.59 Å². The molecule has 0 aliphatic heterocycles. The van der Waals surface area contributed by atoms with Gasteiger partial charge < -0.3 is 10.4 Å². The van der Waals surface area contributed by atoms with Crippen molar-refractivity contribution in [2.45, 2.75) is 44.8 Å². The van der Waals surface area contributed by atoms with Crippen molar-refractivity contribution in [1.29, 1.82) is 0 Å². The lowest BCUT2D eigenvalue weighted by Gasteiger charge is -2.16. The standard InChI is InChI=1S/C12H21NO3S/c1-3-6-13-11(16)9(2)17-8-12(4-5-12)7-10(14)15/h9H,3-8H2,1-2H3,(H,13,16)(H,14,15). The predicted molar refractivity (Wildman–Crippen MR) is 69.1 cm³/mol. The van der Waals surface area contributed by atoms with E-state index in [2.05, 4.69) is 5.32 Å². The Bertz CT molecular complexity index is 289. The summed E-state index contributed by atoms with van der Waals surface area (Å²) < 4.78 is 0. The zero-order valence-corrected chi connectivity index (χ0v) is 11.3. The number of carbonyl (C=O) groups excluding carboxylic acids is 1. The van der Waals surface area contributed by atoms with E-state index < -0.39 is 5.97 Å². The first-order valence-electron chi connectivity index (χ1n) is 6.10. The third kappa shape index (κ3) is 4.98. The monoisotopic (exact) mass is 259 g/mol. The number of rotatable bonds is 8. The number of carbonyl (C=O) groups is 2. The molecule has 1 rings (SSSR count). The van der Waals surface area contributed by atoms with Crippen molar-refractivity contribution in [1.82, 2.24) is 5.32 Å². The minimum absolute atomic E-state index is 0.0319. The van der Waals surface area contributed by atoms with Crippen LogP contribution < -0.4 is 5.32 Å². The molecule has 0 radical (unpaired) electrons. The van der Waals surface area contributed by atoms with Gasteiger partial charge in [0.25, 0.3) is 0 Å². The summed E-state index contributed by atoms with van der Waals surface area (Å²) in [4.78, 5) is 22.3. The van der Waals surface area contributed by atoms with Gasteiger partial charge in [-0.25, -0.2) is 0 Å². The number of hydrogen-bond donors (Lipinski definition) is 2. The lowest BCUT2D eigenvalue weighted by atomic mass is 10.1. The van der Waals surface area contributed by atoms with E-state index in [-0.39, 0.29) is 23.0 Å². The molecule has 2 N–H and O–H groups in total. The van der Waals surface area contributed by atoms with Gasteiger partial charge in [-0.1, -0.05) is 6.92 Å². The molecule has 1 amide bonds. The predicted octanol–water partition coefficient (Wildman–Crippen LogP) is 1.89. The molecular formula is C12H21NO3S. The van der Waals surface area contributed by atoms with E-state index in [1.807, 2.05) is 13.8 Å². The number of thioether (sulfide) groups is 1. The van der Waals surface area contributed by atoms with E-state index in [4.69, 9.17) is 5.11 Å². The van der Waals surface area contributed by atoms with Gasteiger partial charge in [0, 0.05) is 12.3 Å². The van der Waals surface area contributed by atoms with Crippen LogP contribution in [0.3, 0.4) is 0 Å². The Labute approximate surface area is 107 Å². The van der Waals surface area contributed by atoms with Crippen molar-refractivity contribution in [2.24, 2.45) is 5.41 Å². The number of aliphatic carboxylic acids is 1. The average Bonchev–Trinajstić information content (AvgIpc) is 3.02. The molecule has 98 valence electrons. The average molecular weight is 259 g/mol. The fourth-order valence-electron chi connectivity index (χ4n) is 1.64. The van der Waals surface area contributed by atoms with Crippen LogP contribution in [0.5, 0.6) is 0 Å². The number of carboxylic acids is 1. The van der Waals surface area contributed by atoms with Crippen LogP contribution in [-0.4, -0.2) is 34.5 Å². The Hall–Kier alpha value is -0.710. The molecule has 0 aromatic heterocycles. The van der Waals surface area contributed by atoms with Crippen molar-refractivity contribution in [3.63, 3.8) is 0 Å². The molecule has 17 heavy (non-hydrogen) atoms. The van der Waals surface area contributed by atoms with Crippen molar-refractivity contribution in [3.05, 3.63) is 0 Å². The van der Waals surface area contributed by atoms with Gasteiger partial charge >= 0.3 is 5.97 Å². The molecule has 0 spiro atoms. The second-order valence-electron chi connectivity index (χ2n) is 4.81. The quantitative estimate of drug-likeness (QED) is 0.698. The Kier molecular flexibility index (Phi) is 5.31. The molecule has 0 bridgehead atoms. The zero-order valence-electron chi connectivity index (χ0n) is 10.5. The fraction of sp³-hybridized carbons (Fsp3) is 0.833. The van der Waals surface area contributed by atoms with Gasteiger partial charge in [-0.3, -0.25) is 9.59 Å². The highest BCUT2D eigenvalue weighted by Crippen LogP contribution is 2.51. The first-order chi connectivity index (χ1) is 7.99. The van der Waals surface area contributed by atoms with Gasteiger partial charge in [0.1, 0.15) is 0 Å². The summed E-state index contributed by atoms with van der Waals surface area (Å²) in [5.41, 5.74) is -0.0319. The van der Waals surface area contributed by atoms with Gasteiger partial charge in [-0.05, 0) is 31.6 Å². The van der Waals surface area contributed by atoms with Crippen molar-refractivity contribution in [3.8, 4) is 0 Å². The van der Waals surface area contributed by atoms with Crippen molar-refractivity contribution < 1.29 is 14.7 Å². The highest BCUT2D eigenvalue weighted by Gasteiger charge is 2.44. The fourth-order valence-corrected chi connectivity index (χ4v) is 2.87. The summed E-state index contributed by atoms with van der Waals surface area (Å²) in [5.74, 6) is 0.106. The van der Waals surface area contributed by atoms with Crippen LogP contribution in [0.1, 0.15) is 39.5 Å². The van der Waals surface area contributed by atoms with Crippen LogP contribution in [0, 0.1) is 5.41 Å². The van der Waals surface area contributed by atoms with E-state index in [0.29, 0.717) is 6.54 Å². The molecule has 1 aliphatic carbocycles. The van der Waals surface area contributed by atoms with Gasteiger partial charge in [-0.15, -0.1) is 11.8 Å². The molecule has 1 fully saturated rings. The Morgan fingerprint density at radius 2 is 2.12 bits per heavy atom. The Balaban J connectivity index is 2.25. The van der Waals surface area contributed by atoms with E-state index in [1.165, 1.54) is 0 Å². The second-order valence-corrected chi connectivity index (χ2v) is 6.14. The summed E-state index contributed by atoms with van der Waals surface area (Å²) in [7, 11) is 0. The van der Waals surface area contributed by atoms with Crippen LogP contribution in [0.25, 0.3) is 0 Å². The van der Waals surface area contributed by atoms with E-state index in [1.54, 1.807) is 11.8 Å². The first kappa shape index (κ1) is 14.4. The summed E-state index contributed by atoms with van der Waals surface area (Å²) in [6, 6.07) is 0. The molecule has 0 saturated heterocycles. The molecule has 1 unspecified atom stereocenters. The molecule has 1 aliphatic rings. The molecule has 0 aromatic rings. The third-order valence-corrected chi connectivity index (χ3v) is 4.53. The summed E-state index contributed by atoms with van der Waals surface area (Å²) in [6.07, 6.45) is 3.14. The lowest BCUT2D eigenvalue weighted by Crippen LogP contribution is -2.32. The highest BCUT2D eigenvalue weighted by molar-refractivity contribution is 8.00. The van der Waals surface area contributed by atoms with Gasteiger partial charge in [-0.2, -0.15) is 0 Å². The van der Waals surface area contributed by atoms with Crippen LogP contribution in [0.15, 0.2) is 0 Å². The number of amides is 1. The molecule has 0 heterocycles. The molecule has 0 aromatic carbocycles. The zero-order chi connectivity index (χ0) is 12.9. The SMILES string of the molecule is CCCNC(=O)C(C)SCC1(CC(=O)O)CC1. The van der Waals surface area contributed by atoms with Crippen LogP contribution in [0.2, 0.25) is 0 Å². The maximum atomic E-state index is 11.6. The molecule has 1 atom stereocenters. The van der Waals surface area contributed by atoms with Gasteiger partial charge in [0.15, 0.2) is 0 Å². The number of hydrogen-bond acceptors (Lipinski definition) is 3. The summed E-state index contributed by atoms with van der Waals surface area (Å²) in [5, 5.41) is 11.6. The minimum Gasteiger partial charge on any atom is -0.481 e. The van der Waals surface area contributed by atoms with Crippen molar-refractivity contribution in [2.75, 3.05) is 12.3 Å².